The lowest BCUT2D eigenvalue weighted by Crippen LogP contribution is -2.37. The van der Waals surface area contributed by atoms with Crippen molar-refractivity contribution in [2.24, 2.45) is 14.1 Å². The van der Waals surface area contributed by atoms with Gasteiger partial charge in [0.15, 0.2) is 11.2 Å². The maximum absolute atomic E-state index is 13.0. The van der Waals surface area contributed by atoms with E-state index in [-0.39, 0.29) is 11.7 Å². The van der Waals surface area contributed by atoms with Crippen LogP contribution < -0.4 is 16.0 Å². The van der Waals surface area contributed by atoms with Crippen LogP contribution in [0.15, 0.2) is 58.1 Å². The van der Waals surface area contributed by atoms with Crippen LogP contribution in [0, 0.1) is 0 Å². The highest BCUT2D eigenvalue weighted by atomic mass is 35.5. The van der Waals surface area contributed by atoms with Gasteiger partial charge >= 0.3 is 11.7 Å². The van der Waals surface area contributed by atoms with Gasteiger partial charge in [0.2, 0.25) is 0 Å². The van der Waals surface area contributed by atoms with E-state index in [1.54, 1.807) is 23.7 Å². The smallest absolute Gasteiger partial charge is 0.332 e. The van der Waals surface area contributed by atoms with Crippen LogP contribution in [-0.4, -0.2) is 18.7 Å². The molecule has 0 saturated carbocycles. The predicted molar refractivity (Wildman–Crippen MR) is 121 cm³/mol. The molecule has 2 aromatic heterocycles. The molecule has 2 aromatic carbocycles. The highest BCUT2D eigenvalue weighted by Gasteiger charge is 2.21. The first kappa shape index (κ1) is 20.9. The van der Waals surface area contributed by atoms with Crippen molar-refractivity contribution in [3.05, 3.63) is 85.5 Å². The topological polar surface area (TPSA) is 71.1 Å². The van der Waals surface area contributed by atoms with Crippen molar-refractivity contribution in [1.29, 1.82) is 0 Å². The first-order valence-electron chi connectivity index (χ1n) is 9.94. The lowest BCUT2D eigenvalue weighted by molar-refractivity contribution is 0.421. The van der Waals surface area contributed by atoms with Crippen molar-refractivity contribution in [3.63, 3.8) is 0 Å². The van der Waals surface area contributed by atoms with E-state index in [0.29, 0.717) is 28.8 Å². The number of rotatable bonds is 5. The molecular formula is C23H23ClN4O3. The van der Waals surface area contributed by atoms with Gasteiger partial charge in [-0.05, 0) is 41.3 Å². The molecule has 0 unspecified atom stereocenters. The van der Waals surface area contributed by atoms with Crippen molar-refractivity contribution >= 4 is 22.8 Å². The van der Waals surface area contributed by atoms with Gasteiger partial charge in [-0.2, -0.15) is 4.98 Å². The molecule has 0 spiro atoms. The van der Waals surface area contributed by atoms with Crippen LogP contribution in [0.5, 0.6) is 11.8 Å². The van der Waals surface area contributed by atoms with Gasteiger partial charge in [0, 0.05) is 19.1 Å². The first-order chi connectivity index (χ1) is 14.8. The van der Waals surface area contributed by atoms with Gasteiger partial charge in [-0.25, -0.2) is 4.79 Å². The number of benzene rings is 2. The van der Waals surface area contributed by atoms with Crippen molar-refractivity contribution in [1.82, 2.24) is 18.7 Å². The molecule has 0 aliphatic heterocycles. The molecule has 7 nitrogen and oxygen atoms in total. The minimum atomic E-state index is -0.443. The second-order valence-electron chi connectivity index (χ2n) is 7.81. The summed E-state index contributed by atoms with van der Waals surface area (Å²) in [5.41, 5.74) is 1.81. The van der Waals surface area contributed by atoms with Crippen LogP contribution in [0.4, 0.5) is 0 Å². The third kappa shape index (κ3) is 3.88. The predicted octanol–water partition coefficient (Wildman–Crippen LogP) is 4.05. The lowest BCUT2D eigenvalue weighted by Gasteiger charge is -2.11. The van der Waals surface area contributed by atoms with E-state index in [4.69, 9.17) is 16.3 Å². The number of aryl methyl sites for hydroxylation is 1. The fourth-order valence-electron chi connectivity index (χ4n) is 3.45. The van der Waals surface area contributed by atoms with Gasteiger partial charge in [-0.1, -0.05) is 49.7 Å². The van der Waals surface area contributed by atoms with Gasteiger partial charge in [0.25, 0.3) is 5.56 Å². The summed E-state index contributed by atoms with van der Waals surface area (Å²) in [4.78, 5) is 29.9. The Hall–Kier alpha value is -3.32. The minimum absolute atomic E-state index is 0.237. The Balaban J connectivity index is 1.87. The summed E-state index contributed by atoms with van der Waals surface area (Å²) in [7, 11) is 3.04. The molecule has 0 amide bonds. The Kier molecular flexibility index (Phi) is 5.45. The van der Waals surface area contributed by atoms with Gasteiger partial charge in [0.1, 0.15) is 5.75 Å². The zero-order chi connectivity index (χ0) is 22.3. The normalized spacial score (nSPS) is 11.4. The van der Waals surface area contributed by atoms with E-state index in [0.717, 1.165) is 10.1 Å². The zero-order valence-electron chi connectivity index (χ0n) is 17.8. The van der Waals surface area contributed by atoms with Gasteiger partial charge < -0.3 is 4.74 Å². The summed E-state index contributed by atoms with van der Waals surface area (Å²) in [6.45, 7) is 4.58. The van der Waals surface area contributed by atoms with Crippen LogP contribution in [0.25, 0.3) is 11.2 Å². The molecule has 0 saturated heterocycles. The number of aromatic nitrogens is 4. The standard InChI is InChI=1S/C23H23ClN4O3/c1-14(2)16-7-11-18(12-8-16)31-22-25-20-19(21(29)27(4)23(30)26(20)3)28(22)13-15-5-9-17(24)10-6-15/h5-12,14H,13H2,1-4H3. The van der Waals surface area contributed by atoms with Gasteiger partial charge in [-0.3, -0.25) is 18.5 Å². The SMILES string of the molecule is CC(C)c1ccc(Oc2nc3c(c(=O)n(C)c(=O)n3C)n2Cc2ccc(Cl)cc2)cc1. The largest absolute Gasteiger partial charge is 0.425 e. The van der Waals surface area contributed by atoms with Gasteiger partial charge in [-0.15, -0.1) is 0 Å². The van der Waals surface area contributed by atoms with Crippen LogP contribution in [0.3, 0.4) is 0 Å². The summed E-state index contributed by atoms with van der Waals surface area (Å²) in [5.74, 6) is 1.000. The fourth-order valence-corrected chi connectivity index (χ4v) is 3.58. The Labute approximate surface area is 184 Å². The van der Waals surface area contributed by atoms with E-state index in [2.05, 4.69) is 18.8 Å². The maximum Gasteiger partial charge on any atom is 0.332 e. The van der Waals surface area contributed by atoms with Crippen LogP contribution in [0.1, 0.15) is 30.9 Å². The number of hydrogen-bond acceptors (Lipinski definition) is 4. The maximum atomic E-state index is 13.0. The summed E-state index contributed by atoms with van der Waals surface area (Å²) in [6.07, 6.45) is 0. The van der Waals surface area contributed by atoms with E-state index >= 15 is 0 Å². The fraction of sp³-hybridized carbons (Fsp3) is 0.261. The van der Waals surface area contributed by atoms with Gasteiger partial charge in [0.05, 0.1) is 6.54 Å². The number of hydrogen-bond donors (Lipinski definition) is 0. The molecule has 0 bridgehead atoms. The lowest BCUT2D eigenvalue weighted by atomic mass is 10.0. The number of ether oxygens (including phenoxy) is 1. The second kappa shape index (κ2) is 8.07. The molecule has 4 rings (SSSR count). The number of imidazole rings is 1. The first-order valence-corrected chi connectivity index (χ1v) is 10.3. The Bertz CT molecular complexity index is 1360. The third-order valence-corrected chi connectivity index (χ3v) is 5.57. The summed E-state index contributed by atoms with van der Waals surface area (Å²) < 4.78 is 10.2. The summed E-state index contributed by atoms with van der Waals surface area (Å²) >= 11 is 6.01. The van der Waals surface area contributed by atoms with Crippen molar-refractivity contribution in [2.75, 3.05) is 0 Å². The summed E-state index contributed by atoms with van der Waals surface area (Å²) in [5, 5.41) is 0.624. The molecule has 4 aromatic rings. The number of halogens is 1. The molecule has 0 N–H and O–H groups in total. The average Bonchev–Trinajstić information content (AvgIpc) is 3.10. The quantitative estimate of drug-likeness (QED) is 0.471. The van der Waals surface area contributed by atoms with Crippen molar-refractivity contribution in [3.8, 4) is 11.8 Å². The molecular weight excluding hydrogens is 416 g/mol. The van der Waals surface area contributed by atoms with E-state index in [1.807, 2.05) is 36.4 Å². The summed E-state index contributed by atoms with van der Waals surface area (Å²) in [6, 6.07) is 15.3. The highest BCUT2D eigenvalue weighted by molar-refractivity contribution is 6.30. The molecule has 0 aliphatic rings. The average molecular weight is 439 g/mol. The van der Waals surface area contributed by atoms with Crippen LogP contribution in [0.2, 0.25) is 5.02 Å². The number of nitrogens with zero attached hydrogens (tertiary/aromatic N) is 4. The Morgan fingerprint density at radius 3 is 2.23 bits per heavy atom. The molecule has 0 aliphatic carbocycles. The van der Waals surface area contributed by atoms with Crippen molar-refractivity contribution < 1.29 is 4.74 Å². The van der Waals surface area contributed by atoms with Crippen molar-refractivity contribution in [2.45, 2.75) is 26.3 Å². The van der Waals surface area contributed by atoms with E-state index in [1.165, 1.54) is 17.2 Å². The monoisotopic (exact) mass is 438 g/mol. The molecule has 31 heavy (non-hydrogen) atoms. The van der Waals surface area contributed by atoms with E-state index in [9.17, 15) is 9.59 Å². The van der Waals surface area contributed by atoms with Crippen LogP contribution in [-0.2, 0) is 20.6 Å². The minimum Gasteiger partial charge on any atom is -0.425 e. The number of fused-ring (bicyclic) bond motifs is 1. The molecule has 2 heterocycles. The molecule has 0 atom stereocenters. The highest BCUT2D eigenvalue weighted by Crippen LogP contribution is 2.27. The third-order valence-electron chi connectivity index (χ3n) is 5.32. The molecule has 0 radical (unpaired) electrons. The Morgan fingerprint density at radius 2 is 1.61 bits per heavy atom. The Morgan fingerprint density at radius 1 is 0.968 bits per heavy atom. The molecule has 160 valence electrons. The van der Waals surface area contributed by atoms with Crippen LogP contribution >= 0.6 is 11.6 Å². The zero-order valence-corrected chi connectivity index (χ0v) is 18.6. The second-order valence-corrected chi connectivity index (χ2v) is 8.25. The van der Waals surface area contributed by atoms with E-state index < -0.39 is 11.2 Å². The molecule has 0 fully saturated rings. The molecule has 8 heteroatoms.